The van der Waals surface area contributed by atoms with Crippen LogP contribution >= 0.6 is 0 Å². The second-order valence-corrected chi connectivity index (χ2v) is 9.34. The smallest absolute Gasteiger partial charge is 0.444 e. The Kier molecular flexibility index (Phi) is 6.44. The number of nitrogens with zero attached hydrogens (tertiary/aromatic N) is 4. The zero-order chi connectivity index (χ0) is 25.4. The standard InChI is InChI=1S/C24H25F3N4O4/c1-23(2,3)35-22(33)30-12-10-17(11-13-30)31-21(32)19-14-16(6-9-20(19)28-29-31)15-4-7-18(8-5-15)34-24(25,26)27/h4-9,14,17H,10-13H2,1-3H3. The number of halogens is 3. The lowest BCUT2D eigenvalue weighted by atomic mass is 10.0. The molecule has 2 aromatic carbocycles. The average molecular weight is 490 g/mol. The number of ether oxygens (including phenoxy) is 2. The van der Waals surface area contributed by atoms with Crippen molar-refractivity contribution in [3.8, 4) is 16.9 Å². The molecule has 0 N–H and O–H groups in total. The summed E-state index contributed by atoms with van der Waals surface area (Å²) in [4.78, 5) is 27.2. The predicted octanol–water partition coefficient (Wildman–Crippen LogP) is 4.93. The molecule has 1 aliphatic heterocycles. The summed E-state index contributed by atoms with van der Waals surface area (Å²) in [6, 6.07) is 10.2. The molecule has 1 aliphatic rings. The van der Waals surface area contributed by atoms with Gasteiger partial charge in [0, 0.05) is 13.1 Å². The van der Waals surface area contributed by atoms with Crippen LogP contribution in [-0.2, 0) is 4.74 Å². The van der Waals surface area contributed by atoms with Crippen LogP contribution < -0.4 is 10.3 Å². The third-order valence-electron chi connectivity index (χ3n) is 5.57. The van der Waals surface area contributed by atoms with Crippen LogP contribution in [-0.4, -0.2) is 51.0 Å². The Morgan fingerprint density at radius 1 is 1.00 bits per heavy atom. The monoisotopic (exact) mass is 490 g/mol. The van der Waals surface area contributed by atoms with Gasteiger partial charge in [0.05, 0.1) is 11.4 Å². The van der Waals surface area contributed by atoms with Gasteiger partial charge in [-0.1, -0.05) is 23.4 Å². The Morgan fingerprint density at radius 2 is 1.63 bits per heavy atom. The fourth-order valence-electron chi connectivity index (χ4n) is 3.94. The number of carbonyl (C=O) groups is 1. The maximum Gasteiger partial charge on any atom is 0.573 e. The number of rotatable bonds is 3. The number of carbonyl (C=O) groups excluding carboxylic acids is 1. The largest absolute Gasteiger partial charge is 0.573 e. The van der Waals surface area contributed by atoms with E-state index in [4.69, 9.17) is 4.74 Å². The first-order chi connectivity index (χ1) is 16.4. The van der Waals surface area contributed by atoms with Crippen LogP contribution in [0, 0.1) is 0 Å². The van der Waals surface area contributed by atoms with E-state index in [9.17, 15) is 22.8 Å². The zero-order valence-electron chi connectivity index (χ0n) is 19.5. The third kappa shape index (κ3) is 5.90. The molecule has 0 radical (unpaired) electrons. The van der Waals surface area contributed by atoms with Crippen LogP contribution in [0.5, 0.6) is 5.75 Å². The highest BCUT2D eigenvalue weighted by molar-refractivity contribution is 5.83. The van der Waals surface area contributed by atoms with Gasteiger partial charge in [-0.25, -0.2) is 9.48 Å². The van der Waals surface area contributed by atoms with Crippen LogP contribution in [0.3, 0.4) is 0 Å². The van der Waals surface area contributed by atoms with Crippen LogP contribution in [0.25, 0.3) is 22.0 Å². The molecule has 3 aromatic rings. The Morgan fingerprint density at radius 3 is 2.23 bits per heavy atom. The van der Waals surface area contributed by atoms with Gasteiger partial charge < -0.3 is 14.4 Å². The summed E-state index contributed by atoms with van der Waals surface area (Å²) < 4.78 is 47.9. The van der Waals surface area contributed by atoms with Crippen molar-refractivity contribution in [1.82, 2.24) is 19.9 Å². The highest BCUT2D eigenvalue weighted by Crippen LogP contribution is 2.28. The molecule has 1 aromatic heterocycles. The van der Waals surface area contributed by atoms with Crippen LogP contribution in [0.2, 0.25) is 0 Å². The van der Waals surface area contributed by atoms with Crippen molar-refractivity contribution in [2.24, 2.45) is 0 Å². The van der Waals surface area contributed by atoms with E-state index in [0.717, 1.165) is 0 Å². The molecule has 0 atom stereocenters. The molecule has 11 heteroatoms. The molecule has 0 spiro atoms. The summed E-state index contributed by atoms with van der Waals surface area (Å²) in [5, 5.41) is 8.63. The Balaban J connectivity index is 1.53. The lowest BCUT2D eigenvalue weighted by molar-refractivity contribution is -0.274. The van der Waals surface area contributed by atoms with Crippen molar-refractivity contribution in [2.45, 2.75) is 51.6 Å². The van der Waals surface area contributed by atoms with Gasteiger partial charge in [-0.05, 0) is 69.0 Å². The van der Waals surface area contributed by atoms with Crippen molar-refractivity contribution in [3.63, 3.8) is 0 Å². The Bertz CT molecular complexity index is 1280. The predicted molar refractivity (Wildman–Crippen MR) is 122 cm³/mol. The van der Waals surface area contributed by atoms with Crippen LogP contribution in [0.1, 0.15) is 39.7 Å². The second kappa shape index (κ2) is 9.20. The molecule has 35 heavy (non-hydrogen) atoms. The molecule has 0 aliphatic carbocycles. The van der Waals surface area contributed by atoms with E-state index >= 15 is 0 Å². The summed E-state index contributed by atoms with van der Waals surface area (Å²) in [6.07, 6.45) is -4.10. The van der Waals surface area contributed by atoms with E-state index in [1.165, 1.54) is 28.9 Å². The molecule has 0 saturated carbocycles. The van der Waals surface area contributed by atoms with Gasteiger partial charge >= 0.3 is 12.5 Å². The van der Waals surface area contributed by atoms with Crippen LogP contribution in [0.15, 0.2) is 47.3 Å². The summed E-state index contributed by atoms with van der Waals surface area (Å²) >= 11 is 0. The van der Waals surface area contributed by atoms with E-state index in [1.54, 1.807) is 43.9 Å². The first-order valence-electron chi connectivity index (χ1n) is 11.1. The molecule has 8 nitrogen and oxygen atoms in total. The molecule has 0 unspecified atom stereocenters. The minimum absolute atomic E-state index is 0.222. The zero-order valence-corrected chi connectivity index (χ0v) is 19.5. The third-order valence-corrected chi connectivity index (χ3v) is 5.57. The van der Waals surface area contributed by atoms with E-state index in [0.29, 0.717) is 48.0 Å². The van der Waals surface area contributed by atoms with Gasteiger partial charge in [0.25, 0.3) is 5.56 Å². The molecule has 2 heterocycles. The topological polar surface area (TPSA) is 86.6 Å². The summed E-state index contributed by atoms with van der Waals surface area (Å²) in [5.74, 6) is -0.326. The van der Waals surface area contributed by atoms with Crippen molar-refractivity contribution in [2.75, 3.05) is 13.1 Å². The minimum Gasteiger partial charge on any atom is -0.444 e. The van der Waals surface area contributed by atoms with Gasteiger partial charge in [-0.2, -0.15) is 0 Å². The molecular formula is C24H25F3N4O4. The van der Waals surface area contributed by atoms with Crippen molar-refractivity contribution >= 4 is 17.0 Å². The van der Waals surface area contributed by atoms with Crippen molar-refractivity contribution < 1.29 is 27.4 Å². The molecular weight excluding hydrogens is 465 g/mol. The lowest BCUT2D eigenvalue weighted by Crippen LogP contribution is -2.43. The van der Waals surface area contributed by atoms with Crippen LogP contribution in [0.4, 0.5) is 18.0 Å². The maximum absolute atomic E-state index is 13.2. The van der Waals surface area contributed by atoms with E-state index in [-0.39, 0.29) is 23.4 Å². The normalized spacial score (nSPS) is 15.3. The summed E-state index contributed by atoms with van der Waals surface area (Å²) in [5.41, 5.74) is 0.781. The number of amides is 1. The number of alkyl halides is 3. The number of likely N-dealkylation sites (tertiary alicyclic amines) is 1. The Labute approximate surface area is 199 Å². The lowest BCUT2D eigenvalue weighted by Gasteiger charge is -2.33. The molecule has 1 saturated heterocycles. The van der Waals surface area contributed by atoms with Gasteiger partial charge in [-0.15, -0.1) is 18.3 Å². The number of hydrogen-bond donors (Lipinski definition) is 0. The van der Waals surface area contributed by atoms with Gasteiger partial charge in [0.15, 0.2) is 0 Å². The first-order valence-corrected chi connectivity index (χ1v) is 11.1. The highest BCUT2D eigenvalue weighted by Gasteiger charge is 2.31. The van der Waals surface area contributed by atoms with E-state index in [2.05, 4.69) is 15.0 Å². The fourth-order valence-corrected chi connectivity index (χ4v) is 3.94. The average Bonchev–Trinajstić information content (AvgIpc) is 2.78. The number of aromatic nitrogens is 3. The number of hydrogen-bond acceptors (Lipinski definition) is 6. The molecule has 1 amide bonds. The fraction of sp³-hybridized carbons (Fsp3) is 0.417. The summed E-state index contributed by atoms with van der Waals surface area (Å²) in [7, 11) is 0. The van der Waals surface area contributed by atoms with Gasteiger partial charge in [0.2, 0.25) is 0 Å². The van der Waals surface area contributed by atoms with Gasteiger partial charge in [-0.3, -0.25) is 4.79 Å². The first kappa shape index (κ1) is 24.5. The molecule has 4 rings (SSSR count). The highest BCUT2D eigenvalue weighted by atomic mass is 19.4. The number of piperidine rings is 1. The van der Waals surface area contributed by atoms with Crippen molar-refractivity contribution in [3.05, 3.63) is 52.8 Å². The number of benzene rings is 2. The van der Waals surface area contributed by atoms with E-state index in [1.807, 2.05) is 0 Å². The minimum atomic E-state index is -4.77. The van der Waals surface area contributed by atoms with Gasteiger partial charge in [0.1, 0.15) is 16.9 Å². The summed E-state index contributed by atoms with van der Waals surface area (Å²) in [6.45, 7) is 6.28. The molecule has 0 bridgehead atoms. The molecule has 186 valence electrons. The van der Waals surface area contributed by atoms with E-state index < -0.39 is 12.0 Å². The van der Waals surface area contributed by atoms with Crippen molar-refractivity contribution in [1.29, 1.82) is 0 Å². The number of fused-ring (bicyclic) bond motifs is 1. The second-order valence-electron chi connectivity index (χ2n) is 9.34. The SMILES string of the molecule is CC(C)(C)OC(=O)N1CCC(n2nnc3ccc(-c4ccc(OC(F)(F)F)cc4)cc3c2=O)CC1. The maximum atomic E-state index is 13.2. The molecule has 1 fully saturated rings. The quantitative estimate of drug-likeness (QED) is 0.518. The Hall–Kier alpha value is -3.63.